The first kappa shape index (κ1) is 32.0. The molecule has 0 aliphatic carbocycles. The maximum absolute atomic E-state index is 12.7. The molecular formula is C35H50NO3P. The molecule has 2 atom stereocenters. The number of nitrogens with one attached hydrogen (secondary N) is 1. The van der Waals surface area contributed by atoms with E-state index >= 15 is 0 Å². The van der Waals surface area contributed by atoms with Crippen LogP contribution in [-0.2, 0) is 17.5 Å². The zero-order valence-corrected chi connectivity index (χ0v) is 26.1. The molecule has 4 nitrogen and oxygen atoms in total. The number of hydrogen-bond donors (Lipinski definition) is 1. The highest BCUT2D eigenvalue weighted by Crippen LogP contribution is 2.43. The van der Waals surface area contributed by atoms with E-state index in [0.717, 1.165) is 44.2 Å². The quantitative estimate of drug-likeness (QED) is 0.117. The summed E-state index contributed by atoms with van der Waals surface area (Å²) in [4.78, 5) is 0. The van der Waals surface area contributed by atoms with Crippen molar-refractivity contribution in [1.82, 2.24) is 5.32 Å². The molecule has 0 saturated carbocycles. The van der Waals surface area contributed by atoms with Crippen LogP contribution in [0.2, 0.25) is 0 Å². The van der Waals surface area contributed by atoms with Crippen LogP contribution in [0.4, 0.5) is 0 Å². The fourth-order valence-electron chi connectivity index (χ4n) is 5.03. The van der Waals surface area contributed by atoms with E-state index in [-0.39, 0.29) is 0 Å². The highest BCUT2D eigenvalue weighted by molar-refractivity contribution is 7.58. The van der Waals surface area contributed by atoms with Gasteiger partial charge in [-0.1, -0.05) is 81.1 Å². The molecule has 3 rings (SSSR count). The van der Waals surface area contributed by atoms with Gasteiger partial charge in [0.15, 0.2) is 0 Å². The molecule has 3 aromatic carbocycles. The molecule has 0 heterocycles. The maximum atomic E-state index is 12.7. The van der Waals surface area contributed by atoms with E-state index < -0.39 is 7.37 Å². The van der Waals surface area contributed by atoms with Gasteiger partial charge in [-0.25, -0.2) is 0 Å². The third-order valence-electron chi connectivity index (χ3n) is 7.55. The van der Waals surface area contributed by atoms with Crippen LogP contribution in [0, 0.1) is 19.8 Å². The van der Waals surface area contributed by atoms with Gasteiger partial charge in [-0.15, -0.1) is 0 Å². The second-order valence-electron chi connectivity index (χ2n) is 11.3. The summed E-state index contributed by atoms with van der Waals surface area (Å²) in [5.41, 5.74) is 5.46. The Balaban J connectivity index is 1.33. The van der Waals surface area contributed by atoms with Crippen LogP contribution in [-0.4, -0.2) is 26.0 Å². The fourth-order valence-corrected chi connectivity index (χ4v) is 6.43. The van der Waals surface area contributed by atoms with Crippen molar-refractivity contribution in [2.45, 2.75) is 78.7 Å². The lowest BCUT2D eigenvalue weighted by atomic mass is 9.89. The molecule has 0 spiro atoms. The van der Waals surface area contributed by atoms with Crippen LogP contribution in [0.5, 0.6) is 11.5 Å². The minimum atomic E-state index is -2.64. The lowest BCUT2D eigenvalue weighted by molar-refractivity contribution is 0.286. The maximum Gasteiger partial charge on any atom is 0.245 e. The van der Waals surface area contributed by atoms with Crippen molar-refractivity contribution in [1.29, 1.82) is 0 Å². The third kappa shape index (κ3) is 12.3. The molecule has 0 fully saturated rings. The molecular weight excluding hydrogens is 513 g/mol. The molecule has 1 N–H and O–H groups in total. The van der Waals surface area contributed by atoms with E-state index in [1.807, 2.05) is 30.3 Å². The number of rotatable bonds is 19. The Hall–Kier alpha value is -2.55. The van der Waals surface area contributed by atoms with Crippen molar-refractivity contribution in [3.63, 3.8) is 0 Å². The SMILES string of the molecule is CCCCCC(CCCOc1ccc(CNCCCP(C)(=O)Oc2ccccc2)cc1)Cc1ccc(C)c(C)c1. The Morgan fingerprint density at radius 1 is 0.800 bits per heavy atom. The predicted molar refractivity (Wildman–Crippen MR) is 170 cm³/mol. The van der Waals surface area contributed by atoms with Crippen LogP contribution < -0.4 is 14.6 Å². The van der Waals surface area contributed by atoms with Gasteiger partial charge >= 0.3 is 0 Å². The minimum Gasteiger partial charge on any atom is -0.494 e. The van der Waals surface area contributed by atoms with Crippen LogP contribution >= 0.6 is 7.37 Å². The Bertz CT molecular complexity index is 1160. The summed E-state index contributed by atoms with van der Waals surface area (Å²) in [5, 5.41) is 3.45. The lowest BCUT2D eigenvalue weighted by Crippen LogP contribution is -2.16. The molecule has 0 aromatic heterocycles. The first-order valence-corrected chi connectivity index (χ1v) is 17.4. The molecule has 40 heavy (non-hydrogen) atoms. The van der Waals surface area contributed by atoms with Crippen LogP contribution in [0.3, 0.4) is 0 Å². The Morgan fingerprint density at radius 3 is 2.25 bits per heavy atom. The summed E-state index contributed by atoms with van der Waals surface area (Å²) in [6.07, 6.45) is 10.1. The first-order valence-electron chi connectivity index (χ1n) is 15.1. The number of aryl methyl sites for hydroxylation is 2. The van der Waals surface area contributed by atoms with E-state index in [9.17, 15) is 4.57 Å². The molecule has 0 saturated heterocycles. The summed E-state index contributed by atoms with van der Waals surface area (Å²) < 4.78 is 24.5. The molecule has 0 aliphatic rings. The normalized spacial score (nSPS) is 13.5. The predicted octanol–water partition coefficient (Wildman–Crippen LogP) is 9.37. The number of benzene rings is 3. The van der Waals surface area contributed by atoms with E-state index in [0.29, 0.717) is 11.9 Å². The van der Waals surface area contributed by atoms with Gasteiger partial charge in [0, 0.05) is 19.4 Å². The highest BCUT2D eigenvalue weighted by atomic mass is 31.2. The molecule has 0 radical (unpaired) electrons. The van der Waals surface area contributed by atoms with Crippen molar-refractivity contribution in [2.75, 3.05) is 26.0 Å². The monoisotopic (exact) mass is 563 g/mol. The van der Waals surface area contributed by atoms with Crippen LogP contribution in [0.1, 0.15) is 74.1 Å². The number of ether oxygens (including phenoxy) is 1. The Kier molecular flexibility index (Phi) is 13.8. The first-order chi connectivity index (χ1) is 19.3. The topological polar surface area (TPSA) is 47.6 Å². The average molecular weight is 564 g/mol. The van der Waals surface area contributed by atoms with Gasteiger partial charge in [-0.3, -0.25) is 4.57 Å². The smallest absolute Gasteiger partial charge is 0.245 e. The van der Waals surface area contributed by atoms with Gasteiger partial charge in [0.1, 0.15) is 11.5 Å². The van der Waals surface area contributed by atoms with E-state index in [1.54, 1.807) is 6.66 Å². The lowest BCUT2D eigenvalue weighted by Gasteiger charge is -2.18. The number of para-hydroxylation sites is 1. The third-order valence-corrected chi connectivity index (χ3v) is 9.27. The number of hydrogen-bond acceptors (Lipinski definition) is 4. The van der Waals surface area contributed by atoms with Crippen molar-refractivity contribution >= 4 is 7.37 Å². The summed E-state index contributed by atoms with van der Waals surface area (Å²) in [6.45, 7) is 10.7. The molecule has 5 heteroatoms. The van der Waals surface area contributed by atoms with Crippen LogP contribution in [0.15, 0.2) is 72.8 Å². The molecule has 218 valence electrons. The second kappa shape index (κ2) is 17.3. The van der Waals surface area contributed by atoms with E-state index in [2.05, 4.69) is 68.6 Å². The van der Waals surface area contributed by atoms with Crippen LogP contribution in [0.25, 0.3) is 0 Å². The summed E-state index contributed by atoms with van der Waals surface area (Å²) in [6, 6.07) is 24.7. The Labute approximate surface area is 243 Å². The van der Waals surface area contributed by atoms with E-state index in [4.69, 9.17) is 9.26 Å². The Morgan fingerprint density at radius 2 is 1.52 bits per heavy atom. The summed E-state index contributed by atoms with van der Waals surface area (Å²) >= 11 is 0. The second-order valence-corrected chi connectivity index (χ2v) is 13.9. The summed E-state index contributed by atoms with van der Waals surface area (Å²) in [7, 11) is -2.64. The van der Waals surface area contributed by atoms with Crippen molar-refractivity contribution in [3.8, 4) is 11.5 Å². The van der Waals surface area contributed by atoms with Gasteiger partial charge in [0.05, 0.1) is 6.61 Å². The molecule has 0 aliphatic heterocycles. The average Bonchev–Trinajstić information content (AvgIpc) is 2.94. The van der Waals surface area contributed by atoms with Crippen molar-refractivity contribution < 1.29 is 13.8 Å². The molecule has 2 unspecified atom stereocenters. The highest BCUT2D eigenvalue weighted by Gasteiger charge is 2.16. The summed E-state index contributed by atoms with van der Waals surface area (Å²) in [5.74, 6) is 2.33. The largest absolute Gasteiger partial charge is 0.494 e. The van der Waals surface area contributed by atoms with Gasteiger partial charge in [0.25, 0.3) is 0 Å². The minimum absolute atomic E-state index is 0.561. The number of unbranched alkanes of at least 4 members (excludes halogenated alkanes) is 2. The van der Waals surface area contributed by atoms with Gasteiger partial charge in [0.2, 0.25) is 7.37 Å². The van der Waals surface area contributed by atoms with Gasteiger partial charge in [-0.05, 0) is 98.5 Å². The fraction of sp³-hybridized carbons (Fsp3) is 0.486. The molecule has 0 bridgehead atoms. The van der Waals surface area contributed by atoms with Crippen molar-refractivity contribution in [2.24, 2.45) is 5.92 Å². The standard InChI is InChI=1S/C35H50NO3P/c1-5-6-8-13-31(27-33-18-17-29(2)30(3)26-33)14-11-24-38-34-21-19-32(20-22-34)28-36-23-12-25-40(4,37)39-35-15-9-7-10-16-35/h7,9-10,15-22,26,31,36H,5-6,8,11-14,23-25,27-28H2,1-4H3. The van der Waals surface area contributed by atoms with E-state index in [1.165, 1.54) is 60.8 Å². The van der Waals surface area contributed by atoms with Gasteiger partial charge in [-0.2, -0.15) is 0 Å². The van der Waals surface area contributed by atoms with Crippen molar-refractivity contribution in [3.05, 3.63) is 95.1 Å². The van der Waals surface area contributed by atoms with Gasteiger partial charge < -0.3 is 14.6 Å². The zero-order chi connectivity index (χ0) is 28.6. The zero-order valence-electron chi connectivity index (χ0n) is 25.2. The molecule has 3 aromatic rings. The molecule has 0 amide bonds.